The number of hydrogen-bond donors (Lipinski definition) is 1. The zero-order valence-corrected chi connectivity index (χ0v) is 6.84. The first kappa shape index (κ1) is 8.11. The molecule has 0 radical (unpaired) electrons. The number of nitrogens with zero attached hydrogens (tertiary/aromatic N) is 1. The largest absolute Gasteiger partial charge is 0.381 e. The molecule has 62 valence electrons. The van der Waals surface area contributed by atoms with Crippen LogP contribution in [0.25, 0.3) is 0 Å². The summed E-state index contributed by atoms with van der Waals surface area (Å²) in [5, 5.41) is 3.60. The minimum absolute atomic E-state index is 0.483. The van der Waals surface area contributed by atoms with E-state index in [1.165, 1.54) is 12.8 Å². The number of aromatic nitrogens is 1. The highest BCUT2D eigenvalue weighted by Crippen LogP contribution is 2.08. The van der Waals surface area contributed by atoms with Gasteiger partial charge in [0.1, 0.15) is 5.76 Å². The highest BCUT2D eigenvalue weighted by atomic mass is 16.5. The van der Waals surface area contributed by atoms with Crippen LogP contribution >= 0.6 is 0 Å². The van der Waals surface area contributed by atoms with Gasteiger partial charge in [-0.3, -0.25) is 0 Å². The lowest BCUT2D eigenvalue weighted by atomic mass is 10.2. The molecule has 0 aliphatic heterocycles. The van der Waals surface area contributed by atoms with E-state index >= 15 is 0 Å². The summed E-state index contributed by atoms with van der Waals surface area (Å²) in [7, 11) is 0. The van der Waals surface area contributed by atoms with Gasteiger partial charge in [-0.05, 0) is 6.42 Å². The summed E-state index contributed by atoms with van der Waals surface area (Å²) in [4.78, 5) is 0. The predicted molar refractivity (Wildman–Crippen MR) is 44.1 cm³/mol. The van der Waals surface area contributed by atoms with Crippen LogP contribution in [0.4, 0.5) is 5.82 Å². The van der Waals surface area contributed by atoms with E-state index in [-0.39, 0.29) is 0 Å². The van der Waals surface area contributed by atoms with Crippen molar-refractivity contribution in [3.05, 3.63) is 11.8 Å². The van der Waals surface area contributed by atoms with Crippen LogP contribution in [0.3, 0.4) is 0 Å². The van der Waals surface area contributed by atoms with Crippen LogP contribution in [0.1, 0.15) is 31.9 Å². The molecular formula is C8H14N2O. The quantitative estimate of drug-likeness (QED) is 0.675. The summed E-state index contributed by atoms with van der Waals surface area (Å²) in [5.41, 5.74) is 5.38. The maximum atomic E-state index is 5.38. The highest BCUT2D eigenvalue weighted by molar-refractivity contribution is 5.26. The maximum Gasteiger partial charge on any atom is 0.167 e. The van der Waals surface area contributed by atoms with Gasteiger partial charge in [-0.1, -0.05) is 24.9 Å². The minimum atomic E-state index is 0.483. The van der Waals surface area contributed by atoms with Crippen molar-refractivity contribution in [1.82, 2.24) is 5.16 Å². The molecule has 2 N–H and O–H groups in total. The fourth-order valence-electron chi connectivity index (χ4n) is 0.996. The summed E-state index contributed by atoms with van der Waals surface area (Å²) in [6.07, 6.45) is 4.58. The average molecular weight is 154 g/mol. The third kappa shape index (κ3) is 2.62. The molecule has 1 aromatic rings. The van der Waals surface area contributed by atoms with Crippen LogP contribution in [0, 0.1) is 0 Å². The van der Waals surface area contributed by atoms with Crippen molar-refractivity contribution in [3.63, 3.8) is 0 Å². The lowest BCUT2D eigenvalue weighted by molar-refractivity contribution is 0.382. The fourth-order valence-corrected chi connectivity index (χ4v) is 0.996. The molecule has 0 atom stereocenters. The van der Waals surface area contributed by atoms with Crippen LogP contribution in [-0.4, -0.2) is 5.16 Å². The second-order valence-electron chi connectivity index (χ2n) is 2.68. The molecule has 1 aromatic heterocycles. The van der Waals surface area contributed by atoms with Crippen LogP contribution < -0.4 is 5.73 Å². The molecule has 0 aromatic carbocycles. The molecule has 3 heteroatoms. The maximum absolute atomic E-state index is 5.38. The van der Waals surface area contributed by atoms with Gasteiger partial charge in [0.15, 0.2) is 5.82 Å². The molecule has 0 bridgehead atoms. The average Bonchev–Trinajstić information content (AvgIpc) is 2.37. The Balaban J connectivity index is 2.27. The van der Waals surface area contributed by atoms with Crippen molar-refractivity contribution in [2.45, 2.75) is 32.6 Å². The van der Waals surface area contributed by atoms with E-state index in [4.69, 9.17) is 10.3 Å². The number of nitrogen functional groups attached to an aromatic ring is 1. The molecule has 0 spiro atoms. The van der Waals surface area contributed by atoms with Crippen LogP contribution in [0.5, 0.6) is 0 Å². The highest BCUT2D eigenvalue weighted by Gasteiger charge is 1.98. The Bertz CT molecular complexity index is 208. The van der Waals surface area contributed by atoms with E-state index in [0.717, 1.165) is 18.6 Å². The third-order valence-corrected chi connectivity index (χ3v) is 1.60. The molecule has 0 saturated heterocycles. The summed E-state index contributed by atoms with van der Waals surface area (Å²) in [6.45, 7) is 2.18. The first-order chi connectivity index (χ1) is 5.33. The lowest BCUT2D eigenvalue weighted by Crippen LogP contribution is -1.82. The first-order valence-corrected chi connectivity index (χ1v) is 4.04. The predicted octanol–water partition coefficient (Wildman–Crippen LogP) is 1.99. The normalized spacial score (nSPS) is 10.3. The van der Waals surface area contributed by atoms with Gasteiger partial charge < -0.3 is 10.3 Å². The van der Waals surface area contributed by atoms with Crippen LogP contribution in [-0.2, 0) is 6.42 Å². The molecule has 0 fully saturated rings. The van der Waals surface area contributed by atoms with Gasteiger partial charge in [0, 0.05) is 12.5 Å². The summed E-state index contributed by atoms with van der Waals surface area (Å²) < 4.78 is 4.94. The van der Waals surface area contributed by atoms with E-state index < -0.39 is 0 Å². The van der Waals surface area contributed by atoms with E-state index in [1.807, 2.05) is 0 Å². The first-order valence-electron chi connectivity index (χ1n) is 4.04. The smallest absolute Gasteiger partial charge is 0.167 e. The number of nitrogens with two attached hydrogens (primary N) is 1. The Hall–Kier alpha value is -0.990. The summed E-state index contributed by atoms with van der Waals surface area (Å²) >= 11 is 0. The Morgan fingerprint density at radius 1 is 1.55 bits per heavy atom. The monoisotopic (exact) mass is 154 g/mol. The number of hydrogen-bond acceptors (Lipinski definition) is 3. The zero-order chi connectivity index (χ0) is 8.10. The molecule has 0 unspecified atom stereocenters. The third-order valence-electron chi connectivity index (χ3n) is 1.60. The standard InChI is InChI=1S/C8H14N2O/c1-2-3-4-5-7-6-8(9)10-11-7/h6H,2-5H2,1H3,(H2,9,10). The zero-order valence-electron chi connectivity index (χ0n) is 6.84. The summed E-state index contributed by atoms with van der Waals surface area (Å²) in [6, 6.07) is 1.79. The van der Waals surface area contributed by atoms with Crippen molar-refractivity contribution >= 4 is 5.82 Å². The molecule has 0 amide bonds. The molecule has 1 rings (SSSR count). The molecule has 11 heavy (non-hydrogen) atoms. The van der Waals surface area contributed by atoms with Gasteiger partial charge in [-0.25, -0.2) is 0 Å². The van der Waals surface area contributed by atoms with Crippen molar-refractivity contribution in [3.8, 4) is 0 Å². The van der Waals surface area contributed by atoms with Crippen molar-refractivity contribution in [2.24, 2.45) is 0 Å². The van der Waals surface area contributed by atoms with Gasteiger partial charge in [-0.2, -0.15) is 0 Å². The molecule has 1 heterocycles. The van der Waals surface area contributed by atoms with Crippen LogP contribution in [0.15, 0.2) is 10.6 Å². The number of unbranched alkanes of at least 4 members (excludes halogenated alkanes) is 2. The Morgan fingerprint density at radius 2 is 2.36 bits per heavy atom. The number of anilines is 1. The van der Waals surface area contributed by atoms with Crippen LogP contribution in [0.2, 0.25) is 0 Å². The summed E-state index contributed by atoms with van der Waals surface area (Å²) in [5.74, 6) is 1.38. The van der Waals surface area contributed by atoms with Gasteiger partial charge in [0.25, 0.3) is 0 Å². The van der Waals surface area contributed by atoms with Gasteiger partial charge in [0.05, 0.1) is 0 Å². The fraction of sp³-hybridized carbons (Fsp3) is 0.625. The Morgan fingerprint density at radius 3 is 2.91 bits per heavy atom. The Kier molecular flexibility index (Phi) is 2.95. The van der Waals surface area contributed by atoms with Crippen molar-refractivity contribution < 1.29 is 4.52 Å². The minimum Gasteiger partial charge on any atom is -0.381 e. The van der Waals surface area contributed by atoms with E-state index in [2.05, 4.69) is 12.1 Å². The lowest BCUT2D eigenvalue weighted by Gasteiger charge is -1.91. The SMILES string of the molecule is CCCCCc1cc(N)no1. The van der Waals surface area contributed by atoms with E-state index in [9.17, 15) is 0 Å². The van der Waals surface area contributed by atoms with Crippen molar-refractivity contribution in [1.29, 1.82) is 0 Å². The number of rotatable bonds is 4. The molecule has 0 aliphatic carbocycles. The second-order valence-corrected chi connectivity index (χ2v) is 2.68. The number of aryl methyl sites for hydroxylation is 1. The Labute approximate surface area is 66.6 Å². The molecule has 0 aliphatic rings. The molecule has 0 saturated carbocycles. The van der Waals surface area contributed by atoms with E-state index in [0.29, 0.717) is 5.82 Å². The van der Waals surface area contributed by atoms with Gasteiger partial charge >= 0.3 is 0 Å². The van der Waals surface area contributed by atoms with Gasteiger partial charge in [0.2, 0.25) is 0 Å². The van der Waals surface area contributed by atoms with E-state index in [1.54, 1.807) is 6.07 Å². The second kappa shape index (κ2) is 4.01. The topological polar surface area (TPSA) is 52.0 Å². The molecular weight excluding hydrogens is 140 g/mol. The molecule has 3 nitrogen and oxygen atoms in total. The van der Waals surface area contributed by atoms with Crippen molar-refractivity contribution in [2.75, 3.05) is 5.73 Å². The van der Waals surface area contributed by atoms with Gasteiger partial charge in [-0.15, -0.1) is 0 Å².